The summed E-state index contributed by atoms with van der Waals surface area (Å²) in [6, 6.07) is 20.3. The van der Waals surface area contributed by atoms with Crippen LogP contribution in [-0.4, -0.2) is 65.0 Å². The number of likely N-dealkylation sites (tertiary alicyclic amines) is 1. The number of H-pyrrole nitrogens is 1. The summed E-state index contributed by atoms with van der Waals surface area (Å²) >= 11 is 0. The van der Waals surface area contributed by atoms with E-state index >= 15 is 0 Å². The van der Waals surface area contributed by atoms with Gasteiger partial charge in [-0.15, -0.1) is 0 Å². The van der Waals surface area contributed by atoms with Crippen molar-refractivity contribution in [3.63, 3.8) is 0 Å². The normalized spacial score (nSPS) is 15.2. The van der Waals surface area contributed by atoms with E-state index in [0.717, 1.165) is 56.5 Å². The number of aromatic nitrogens is 1. The number of piperidine rings is 1. The summed E-state index contributed by atoms with van der Waals surface area (Å²) in [6.07, 6.45) is 4.01. The molecule has 0 spiro atoms. The lowest BCUT2D eigenvalue weighted by Crippen LogP contribution is -2.29. The molecule has 1 atom stereocenters. The number of ether oxygens (including phenoxy) is 1. The fourth-order valence-electron chi connectivity index (χ4n) is 5.76. The molecule has 3 aromatic carbocycles. The van der Waals surface area contributed by atoms with Crippen molar-refractivity contribution in [2.45, 2.75) is 44.1 Å². The van der Waals surface area contributed by atoms with Crippen LogP contribution in [0.25, 0.3) is 10.9 Å². The Bertz CT molecular complexity index is 1530. The molecular formula is C34H41N3O5. The van der Waals surface area contributed by atoms with Crippen LogP contribution in [0.15, 0.2) is 71.5 Å². The molecule has 1 aliphatic heterocycles. The summed E-state index contributed by atoms with van der Waals surface area (Å²) in [6.45, 7) is 3.81. The van der Waals surface area contributed by atoms with Crippen LogP contribution in [-0.2, 0) is 12.8 Å². The van der Waals surface area contributed by atoms with Crippen molar-refractivity contribution >= 4 is 10.9 Å². The standard InChI is InChI=1S/C34H41N3O5/c1-37-18-15-25(16-19-37)29-21-24(6-11-30(29)38)3-2-20-42-26-7-4-23(5-8-26)14-17-35-22-32(40)27-9-12-31(39)34-28(27)10-13-33(41)36-34/h4-13,21,25,32,35,38-40H,2-3,14-20,22H2,1H3,(H,36,41)/t32-/m0/s1. The molecule has 42 heavy (non-hydrogen) atoms. The lowest BCUT2D eigenvalue weighted by molar-refractivity contribution is 0.176. The van der Waals surface area contributed by atoms with E-state index in [1.807, 2.05) is 24.3 Å². The zero-order valence-electron chi connectivity index (χ0n) is 24.2. The summed E-state index contributed by atoms with van der Waals surface area (Å²) in [5, 5.41) is 35.1. The van der Waals surface area contributed by atoms with Crippen molar-refractivity contribution in [1.29, 1.82) is 0 Å². The second-order valence-corrected chi connectivity index (χ2v) is 11.3. The van der Waals surface area contributed by atoms with Crippen molar-refractivity contribution in [3.05, 3.63) is 99.3 Å². The number of aromatic amines is 1. The van der Waals surface area contributed by atoms with Crippen molar-refractivity contribution in [2.24, 2.45) is 0 Å². The molecule has 0 unspecified atom stereocenters. The minimum atomic E-state index is -0.780. The molecule has 2 heterocycles. The van der Waals surface area contributed by atoms with Gasteiger partial charge in [-0.25, -0.2) is 0 Å². The Morgan fingerprint density at radius 1 is 0.952 bits per heavy atom. The van der Waals surface area contributed by atoms with Gasteiger partial charge in [-0.1, -0.05) is 30.3 Å². The van der Waals surface area contributed by atoms with Crippen molar-refractivity contribution in [3.8, 4) is 17.2 Å². The van der Waals surface area contributed by atoms with Gasteiger partial charge in [0.1, 0.15) is 17.2 Å². The summed E-state index contributed by atoms with van der Waals surface area (Å²) in [7, 11) is 2.15. The van der Waals surface area contributed by atoms with Crippen LogP contribution >= 0.6 is 0 Å². The van der Waals surface area contributed by atoms with Crippen molar-refractivity contribution < 1.29 is 20.1 Å². The third-order valence-corrected chi connectivity index (χ3v) is 8.25. The maximum Gasteiger partial charge on any atom is 0.248 e. The van der Waals surface area contributed by atoms with Crippen LogP contribution in [0.3, 0.4) is 0 Å². The number of pyridine rings is 1. The lowest BCUT2D eigenvalue weighted by atomic mass is 9.87. The molecule has 1 aromatic heterocycles. The number of hydrogen-bond donors (Lipinski definition) is 5. The van der Waals surface area contributed by atoms with Crippen LogP contribution in [0.2, 0.25) is 0 Å². The van der Waals surface area contributed by atoms with Gasteiger partial charge in [-0.2, -0.15) is 0 Å². The quantitative estimate of drug-likeness (QED) is 0.158. The van der Waals surface area contributed by atoms with Gasteiger partial charge in [-0.3, -0.25) is 4.79 Å². The Balaban J connectivity index is 1.03. The van der Waals surface area contributed by atoms with Crippen LogP contribution in [0.1, 0.15) is 53.5 Å². The molecule has 1 fully saturated rings. The Morgan fingerprint density at radius 2 is 1.69 bits per heavy atom. The molecule has 4 aromatic rings. The fourth-order valence-corrected chi connectivity index (χ4v) is 5.76. The Kier molecular flexibility index (Phi) is 9.79. The number of rotatable bonds is 12. The molecule has 1 aliphatic rings. The zero-order valence-corrected chi connectivity index (χ0v) is 24.2. The summed E-state index contributed by atoms with van der Waals surface area (Å²) in [5.74, 6) is 1.68. The van der Waals surface area contributed by atoms with Gasteiger partial charge >= 0.3 is 0 Å². The summed E-state index contributed by atoms with van der Waals surface area (Å²) in [5.41, 5.74) is 4.18. The van der Waals surface area contributed by atoms with Gasteiger partial charge in [0.2, 0.25) is 5.56 Å². The van der Waals surface area contributed by atoms with E-state index < -0.39 is 6.10 Å². The average Bonchev–Trinajstić information content (AvgIpc) is 3.00. The number of phenolic OH excluding ortho intramolecular Hbond substituents is 2. The first kappa shape index (κ1) is 29.6. The lowest BCUT2D eigenvalue weighted by Gasteiger charge is -2.29. The average molecular weight is 572 g/mol. The molecule has 0 bridgehead atoms. The first-order chi connectivity index (χ1) is 20.4. The minimum Gasteiger partial charge on any atom is -0.508 e. The minimum absolute atomic E-state index is 0.0201. The number of hydrogen-bond acceptors (Lipinski definition) is 7. The maximum atomic E-state index is 11.6. The number of phenols is 2. The largest absolute Gasteiger partial charge is 0.508 e. The van der Waals surface area contributed by atoms with E-state index in [9.17, 15) is 20.1 Å². The van der Waals surface area contributed by atoms with Crippen LogP contribution in [0.5, 0.6) is 17.2 Å². The van der Waals surface area contributed by atoms with Crippen molar-refractivity contribution in [2.75, 3.05) is 39.8 Å². The van der Waals surface area contributed by atoms with Gasteiger partial charge in [0.05, 0.1) is 18.2 Å². The Hall–Kier alpha value is -3.85. The molecule has 1 saturated heterocycles. The molecule has 5 N–H and O–H groups in total. The van der Waals surface area contributed by atoms with E-state index in [0.29, 0.717) is 47.8 Å². The smallest absolute Gasteiger partial charge is 0.248 e. The van der Waals surface area contributed by atoms with Gasteiger partial charge in [-0.05, 0) is 117 Å². The highest BCUT2D eigenvalue weighted by atomic mass is 16.5. The molecule has 8 nitrogen and oxygen atoms in total. The number of nitrogens with one attached hydrogen (secondary N) is 2. The molecule has 5 rings (SSSR count). The molecule has 222 valence electrons. The highest BCUT2D eigenvalue weighted by molar-refractivity contribution is 5.87. The van der Waals surface area contributed by atoms with Gasteiger partial charge in [0.25, 0.3) is 0 Å². The molecular weight excluding hydrogens is 530 g/mol. The van der Waals surface area contributed by atoms with E-state index in [-0.39, 0.29) is 11.3 Å². The van der Waals surface area contributed by atoms with Crippen LogP contribution in [0.4, 0.5) is 0 Å². The van der Waals surface area contributed by atoms with Crippen molar-refractivity contribution in [1.82, 2.24) is 15.2 Å². The number of aliphatic hydroxyl groups is 1. The van der Waals surface area contributed by atoms with E-state index in [1.165, 1.54) is 23.3 Å². The molecule has 8 heteroatoms. The number of fused-ring (bicyclic) bond motifs is 1. The second-order valence-electron chi connectivity index (χ2n) is 11.3. The zero-order chi connectivity index (χ0) is 29.5. The Morgan fingerprint density at radius 3 is 2.48 bits per heavy atom. The SMILES string of the molecule is CN1CCC(c2cc(CCCOc3ccc(CCNC[C@H](O)c4ccc(O)c5[nH]c(=O)ccc45)cc3)ccc2O)CC1. The Labute approximate surface area is 246 Å². The monoisotopic (exact) mass is 571 g/mol. The maximum absolute atomic E-state index is 11.6. The second kappa shape index (κ2) is 13.9. The highest BCUT2D eigenvalue weighted by Gasteiger charge is 2.21. The van der Waals surface area contributed by atoms with E-state index in [1.54, 1.807) is 12.1 Å². The van der Waals surface area contributed by atoms with E-state index in [2.05, 4.69) is 40.4 Å². The van der Waals surface area contributed by atoms with Crippen LogP contribution in [0, 0.1) is 0 Å². The number of benzene rings is 3. The highest BCUT2D eigenvalue weighted by Crippen LogP contribution is 2.34. The number of aryl methyl sites for hydroxylation is 1. The van der Waals surface area contributed by atoms with Gasteiger partial charge in [0, 0.05) is 18.0 Å². The number of aliphatic hydroxyl groups excluding tert-OH is 1. The molecule has 0 aliphatic carbocycles. The third kappa shape index (κ3) is 7.50. The van der Waals surface area contributed by atoms with Gasteiger partial charge < -0.3 is 35.3 Å². The van der Waals surface area contributed by atoms with E-state index in [4.69, 9.17) is 4.74 Å². The summed E-state index contributed by atoms with van der Waals surface area (Å²) < 4.78 is 5.98. The third-order valence-electron chi connectivity index (χ3n) is 8.25. The molecule has 0 radical (unpaired) electrons. The van der Waals surface area contributed by atoms with Gasteiger partial charge in [0.15, 0.2) is 0 Å². The fraction of sp³-hybridized carbons (Fsp3) is 0.382. The number of aromatic hydroxyl groups is 2. The molecule has 0 saturated carbocycles. The van der Waals surface area contributed by atoms with Crippen LogP contribution < -0.4 is 15.6 Å². The predicted octanol–water partition coefficient (Wildman–Crippen LogP) is 4.63. The first-order valence-electron chi connectivity index (χ1n) is 14.8. The topological polar surface area (TPSA) is 118 Å². The predicted molar refractivity (Wildman–Crippen MR) is 166 cm³/mol. The summed E-state index contributed by atoms with van der Waals surface area (Å²) in [4.78, 5) is 16.6. The number of nitrogens with zero attached hydrogens (tertiary/aromatic N) is 1. The first-order valence-corrected chi connectivity index (χ1v) is 14.8. The molecule has 0 amide bonds.